The van der Waals surface area contributed by atoms with Crippen LogP contribution in [0.1, 0.15) is 115 Å². The van der Waals surface area contributed by atoms with Crippen molar-refractivity contribution in [2.24, 2.45) is 0 Å². The molecule has 0 amide bonds. The lowest BCUT2D eigenvalue weighted by Crippen LogP contribution is -2.26. The van der Waals surface area contributed by atoms with Crippen LogP contribution in [0.25, 0.3) is 0 Å². The monoisotopic (exact) mass is 676 g/mol. The van der Waals surface area contributed by atoms with E-state index in [1.165, 1.54) is 12.8 Å². The minimum Gasteiger partial charge on any atom is -0.490 e. The second-order valence-electron chi connectivity index (χ2n) is 12.3. The second kappa shape index (κ2) is 22.1. The summed E-state index contributed by atoms with van der Waals surface area (Å²) >= 11 is 0. The molecule has 6 heteroatoms. The Bertz CT molecular complexity index is 1620. The molecule has 0 heterocycles. The number of ether oxygens (including phenoxy) is 2. The summed E-state index contributed by atoms with van der Waals surface area (Å²) in [5, 5.41) is 0. The third kappa shape index (κ3) is 12.3. The maximum absolute atomic E-state index is 12.8. The Morgan fingerprint density at radius 1 is 0.480 bits per heavy atom. The van der Waals surface area contributed by atoms with Gasteiger partial charge in [-0.25, -0.2) is 0 Å². The first-order valence-electron chi connectivity index (χ1n) is 18.6. The molecule has 3 aromatic carbocycles. The summed E-state index contributed by atoms with van der Waals surface area (Å²) in [5.41, 5.74) is 4.10. The van der Waals surface area contributed by atoms with Gasteiger partial charge >= 0.3 is 0 Å². The van der Waals surface area contributed by atoms with Crippen molar-refractivity contribution in [3.63, 3.8) is 0 Å². The first kappa shape index (κ1) is 39.8. The molecule has 3 rings (SSSR count). The van der Waals surface area contributed by atoms with Crippen LogP contribution in [0.3, 0.4) is 0 Å². The molecule has 0 N–H and O–H groups in total. The molecule has 0 aliphatic carbocycles. The van der Waals surface area contributed by atoms with Crippen molar-refractivity contribution >= 4 is 11.4 Å². The topological polar surface area (TPSA) is 59.1 Å². The highest BCUT2D eigenvalue weighted by Crippen LogP contribution is 2.32. The van der Waals surface area contributed by atoms with E-state index >= 15 is 0 Å². The Morgan fingerprint density at radius 3 is 1.22 bits per heavy atom. The minimum atomic E-state index is -0.0334. The Kier molecular flexibility index (Phi) is 17.6. The predicted molar refractivity (Wildman–Crippen MR) is 210 cm³/mol. The zero-order chi connectivity index (χ0) is 36.1. The van der Waals surface area contributed by atoms with Crippen molar-refractivity contribution in [2.45, 2.75) is 92.9 Å². The van der Waals surface area contributed by atoms with Gasteiger partial charge in [-0.05, 0) is 89.1 Å². The SMILES string of the molecule is CCCCCCOc1cc(C#Cc2ccc(N(CC)CC)c(=O)cc2)c(C#Cc2ccc(N(CC)CC)c(=O)cc2)cc1OCCCCCC. The van der Waals surface area contributed by atoms with Crippen LogP contribution >= 0.6 is 0 Å². The standard InChI is InChI=1S/C44H56N2O4/c1-7-13-15-17-31-49-43-33-37(25-19-35-21-27-39(41(47)29-23-35)45(9-3)10-4)38(34-44(43)50-32-18-16-14-8-2)26-20-36-22-28-40(42(48)30-24-36)46(11-5)12-6/h21-24,27-30,33-34H,7-18,31-32H2,1-6H3. The minimum absolute atomic E-state index is 0.0334. The van der Waals surface area contributed by atoms with E-state index in [1.807, 2.05) is 73.9 Å². The molecule has 0 saturated carbocycles. The summed E-state index contributed by atoms with van der Waals surface area (Å²) in [5.74, 6) is 14.5. The number of unbranched alkanes of at least 4 members (excludes halogenated alkanes) is 6. The zero-order valence-electron chi connectivity index (χ0n) is 31.2. The van der Waals surface area contributed by atoms with Gasteiger partial charge in [-0.2, -0.15) is 0 Å². The quantitative estimate of drug-likeness (QED) is 0.0992. The fourth-order valence-electron chi connectivity index (χ4n) is 5.63. The van der Waals surface area contributed by atoms with Gasteiger partial charge in [-0.3, -0.25) is 9.59 Å². The second-order valence-corrected chi connectivity index (χ2v) is 12.3. The molecule has 0 atom stereocenters. The smallest absolute Gasteiger partial charge is 0.201 e. The van der Waals surface area contributed by atoms with Gasteiger partial charge in [0, 0.05) is 60.6 Å². The maximum Gasteiger partial charge on any atom is 0.201 e. The lowest BCUT2D eigenvalue weighted by Gasteiger charge is -2.18. The van der Waals surface area contributed by atoms with E-state index in [0.29, 0.717) is 47.2 Å². The summed E-state index contributed by atoms with van der Waals surface area (Å²) in [6.45, 7) is 16.7. The number of nitrogens with zero attached hydrogens (tertiary/aromatic N) is 2. The summed E-state index contributed by atoms with van der Waals surface area (Å²) in [7, 11) is 0. The summed E-state index contributed by atoms with van der Waals surface area (Å²) in [6.07, 6.45) is 8.80. The molecule has 0 unspecified atom stereocenters. The van der Waals surface area contributed by atoms with Crippen molar-refractivity contribution in [1.29, 1.82) is 0 Å². The van der Waals surface area contributed by atoms with Gasteiger partial charge in [0.05, 0.1) is 24.6 Å². The third-order valence-electron chi connectivity index (χ3n) is 8.66. The van der Waals surface area contributed by atoms with Gasteiger partial charge in [-0.15, -0.1) is 0 Å². The summed E-state index contributed by atoms with van der Waals surface area (Å²) < 4.78 is 12.7. The summed E-state index contributed by atoms with van der Waals surface area (Å²) in [6, 6.07) is 18.1. The third-order valence-corrected chi connectivity index (χ3v) is 8.66. The summed E-state index contributed by atoms with van der Waals surface area (Å²) in [4.78, 5) is 29.8. The fourth-order valence-corrected chi connectivity index (χ4v) is 5.63. The van der Waals surface area contributed by atoms with Crippen molar-refractivity contribution < 1.29 is 9.47 Å². The van der Waals surface area contributed by atoms with Gasteiger partial charge in [0.25, 0.3) is 0 Å². The number of hydrogen-bond donors (Lipinski definition) is 0. The van der Waals surface area contributed by atoms with Crippen molar-refractivity contribution in [3.8, 4) is 35.2 Å². The van der Waals surface area contributed by atoms with E-state index in [-0.39, 0.29) is 10.9 Å². The molecule has 0 aromatic heterocycles. The van der Waals surface area contributed by atoms with Crippen LogP contribution in [0.2, 0.25) is 0 Å². The Morgan fingerprint density at radius 2 is 0.860 bits per heavy atom. The molecule has 0 bridgehead atoms. The highest BCUT2D eigenvalue weighted by atomic mass is 16.5. The van der Waals surface area contributed by atoms with E-state index in [9.17, 15) is 9.59 Å². The van der Waals surface area contributed by atoms with Gasteiger partial charge in [-0.1, -0.05) is 76.1 Å². The fraction of sp³-hybridized carbons (Fsp3) is 0.455. The molecule has 0 aliphatic rings. The predicted octanol–water partition coefficient (Wildman–Crippen LogP) is 8.82. The Labute approximate surface area is 300 Å². The molecule has 0 fully saturated rings. The number of anilines is 2. The van der Waals surface area contributed by atoms with Crippen LogP contribution < -0.4 is 30.1 Å². The maximum atomic E-state index is 12.8. The van der Waals surface area contributed by atoms with Crippen molar-refractivity contribution in [3.05, 3.63) is 103 Å². The largest absolute Gasteiger partial charge is 0.490 e. The first-order valence-corrected chi connectivity index (χ1v) is 18.6. The molecular formula is C44H56N2O4. The lowest BCUT2D eigenvalue weighted by molar-refractivity contribution is 0.258. The van der Waals surface area contributed by atoms with E-state index in [0.717, 1.165) is 75.8 Å². The van der Waals surface area contributed by atoms with Crippen LogP contribution in [-0.4, -0.2) is 39.4 Å². The first-order chi connectivity index (χ1) is 24.4. The number of hydrogen-bond acceptors (Lipinski definition) is 6. The molecule has 0 spiro atoms. The Balaban J connectivity index is 2.13. The van der Waals surface area contributed by atoms with E-state index in [2.05, 4.69) is 37.5 Å². The molecule has 0 saturated heterocycles. The van der Waals surface area contributed by atoms with Crippen molar-refractivity contribution in [2.75, 3.05) is 49.2 Å². The normalized spacial score (nSPS) is 10.4. The van der Waals surface area contributed by atoms with Crippen LogP contribution in [0.5, 0.6) is 11.5 Å². The molecule has 50 heavy (non-hydrogen) atoms. The van der Waals surface area contributed by atoms with E-state index < -0.39 is 0 Å². The highest BCUT2D eigenvalue weighted by Gasteiger charge is 2.12. The van der Waals surface area contributed by atoms with Crippen LogP contribution in [0, 0.1) is 23.7 Å². The molecule has 0 radical (unpaired) electrons. The van der Waals surface area contributed by atoms with Crippen LogP contribution in [0.15, 0.2) is 70.3 Å². The average Bonchev–Trinajstić information content (AvgIpc) is 3.43. The van der Waals surface area contributed by atoms with Gasteiger partial charge in [0.2, 0.25) is 10.9 Å². The van der Waals surface area contributed by atoms with Gasteiger partial charge in [0.15, 0.2) is 11.5 Å². The molecule has 266 valence electrons. The average molecular weight is 677 g/mol. The van der Waals surface area contributed by atoms with Crippen LogP contribution in [0.4, 0.5) is 11.4 Å². The number of rotatable bonds is 18. The molecular weight excluding hydrogens is 620 g/mol. The molecule has 0 aliphatic heterocycles. The van der Waals surface area contributed by atoms with Gasteiger partial charge < -0.3 is 19.3 Å². The molecule has 6 nitrogen and oxygen atoms in total. The Hall–Kier alpha value is -4.68. The lowest BCUT2D eigenvalue weighted by atomic mass is 10.1. The van der Waals surface area contributed by atoms with Gasteiger partial charge in [0.1, 0.15) is 0 Å². The number of benzene rings is 1. The van der Waals surface area contributed by atoms with Crippen LogP contribution in [-0.2, 0) is 0 Å². The molecule has 3 aromatic rings. The highest BCUT2D eigenvalue weighted by molar-refractivity contribution is 5.61. The zero-order valence-corrected chi connectivity index (χ0v) is 31.2. The van der Waals surface area contributed by atoms with E-state index in [1.54, 1.807) is 24.3 Å². The van der Waals surface area contributed by atoms with E-state index in [4.69, 9.17) is 9.47 Å². The van der Waals surface area contributed by atoms with Crippen molar-refractivity contribution in [1.82, 2.24) is 0 Å².